The molecule has 120 valence electrons. The standard InChI is InChI=1S/C19H33NO/c1-6-7-8-13-19(4,5)15-20-14-17-9-11-18(12-10-17)21-16(2)3/h9-12,16,20H,6-8,13-15H2,1-5H3. The molecule has 21 heavy (non-hydrogen) atoms. The van der Waals surface area contributed by atoms with Crippen molar-refractivity contribution in [1.82, 2.24) is 5.32 Å². The summed E-state index contributed by atoms with van der Waals surface area (Å²) in [6.07, 6.45) is 5.52. The van der Waals surface area contributed by atoms with Gasteiger partial charge in [-0.3, -0.25) is 0 Å². The van der Waals surface area contributed by atoms with Gasteiger partial charge in [-0.15, -0.1) is 0 Å². The van der Waals surface area contributed by atoms with E-state index in [1.165, 1.54) is 31.2 Å². The second kappa shape index (κ2) is 9.09. The first-order chi connectivity index (χ1) is 9.93. The molecule has 0 aliphatic carbocycles. The fourth-order valence-corrected chi connectivity index (χ4v) is 2.45. The average molecular weight is 291 g/mol. The van der Waals surface area contributed by atoms with E-state index in [2.05, 4.69) is 64.2 Å². The Balaban J connectivity index is 2.31. The van der Waals surface area contributed by atoms with Crippen molar-refractivity contribution in [3.8, 4) is 5.75 Å². The van der Waals surface area contributed by atoms with Crippen LogP contribution < -0.4 is 10.1 Å². The molecule has 0 unspecified atom stereocenters. The molecule has 2 heteroatoms. The molecule has 1 aromatic carbocycles. The Morgan fingerprint density at radius 2 is 1.76 bits per heavy atom. The molecule has 0 aliphatic heterocycles. The summed E-state index contributed by atoms with van der Waals surface area (Å²) in [5.41, 5.74) is 1.70. The van der Waals surface area contributed by atoms with Crippen LogP contribution >= 0.6 is 0 Å². The second-order valence-electron chi connectivity index (χ2n) is 7.04. The third-order valence-electron chi connectivity index (χ3n) is 3.68. The van der Waals surface area contributed by atoms with Crippen molar-refractivity contribution in [3.63, 3.8) is 0 Å². The highest BCUT2D eigenvalue weighted by atomic mass is 16.5. The highest BCUT2D eigenvalue weighted by molar-refractivity contribution is 5.27. The van der Waals surface area contributed by atoms with Crippen LogP contribution in [0.1, 0.15) is 65.9 Å². The molecular weight excluding hydrogens is 258 g/mol. The van der Waals surface area contributed by atoms with Crippen molar-refractivity contribution in [3.05, 3.63) is 29.8 Å². The molecule has 0 aromatic heterocycles. The van der Waals surface area contributed by atoms with E-state index >= 15 is 0 Å². The van der Waals surface area contributed by atoms with Crippen molar-refractivity contribution in [2.45, 2.75) is 73.0 Å². The normalized spacial score (nSPS) is 11.9. The number of rotatable bonds is 10. The maximum absolute atomic E-state index is 5.66. The van der Waals surface area contributed by atoms with Crippen molar-refractivity contribution < 1.29 is 4.74 Å². The van der Waals surface area contributed by atoms with Crippen LogP contribution in [0.5, 0.6) is 5.75 Å². The van der Waals surface area contributed by atoms with E-state index < -0.39 is 0 Å². The number of unbranched alkanes of at least 4 members (excludes halogenated alkanes) is 2. The summed E-state index contributed by atoms with van der Waals surface area (Å²) in [6.45, 7) is 13.1. The van der Waals surface area contributed by atoms with Crippen molar-refractivity contribution >= 4 is 0 Å². The van der Waals surface area contributed by atoms with Gasteiger partial charge < -0.3 is 10.1 Å². The first-order valence-electron chi connectivity index (χ1n) is 8.39. The SMILES string of the molecule is CCCCCC(C)(C)CNCc1ccc(OC(C)C)cc1. The molecule has 0 bridgehead atoms. The molecule has 1 aromatic rings. The van der Waals surface area contributed by atoms with E-state index in [1.54, 1.807) is 0 Å². The summed E-state index contributed by atoms with van der Waals surface area (Å²) in [4.78, 5) is 0. The zero-order valence-corrected chi connectivity index (χ0v) is 14.5. The van der Waals surface area contributed by atoms with Gasteiger partial charge in [0.1, 0.15) is 5.75 Å². The summed E-state index contributed by atoms with van der Waals surface area (Å²) in [5, 5.41) is 3.59. The van der Waals surface area contributed by atoms with Crippen LogP contribution in [0.2, 0.25) is 0 Å². The average Bonchev–Trinajstić information content (AvgIpc) is 2.40. The molecule has 0 fully saturated rings. The monoisotopic (exact) mass is 291 g/mol. The maximum atomic E-state index is 5.66. The van der Waals surface area contributed by atoms with Crippen molar-refractivity contribution in [2.24, 2.45) is 5.41 Å². The van der Waals surface area contributed by atoms with Crippen LogP contribution in [0.25, 0.3) is 0 Å². The minimum Gasteiger partial charge on any atom is -0.491 e. The fraction of sp³-hybridized carbons (Fsp3) is 0.684. The quantitative estimate of drug-likeness (QED) is 0.600. The molecule has 0 aliphatic rings. The van der Waals surface area contributed by atoms with Gasteiger partial charge in [-0.25, -0.2) is 0 Å². The lowest BCUT2D eigenvalue weighted by atomic mass is 9.87. The van der Waals surface area contributed by atoms with Crippen molar-refractivity contribution in [1.29, 1.82) is 0 Å². The molecule has 0 radical (unpaired) electrons. The number of nitrogens with one attached hydrogen (secondary N) is 1. The van der Waals surface area contributed by atoms with E-state index in [0.717, 1.165) is 18.8 Å². The molecule has 0 spiro atoms. The summed E-state index contributed by atoms with van der Waals surface area (Å²) in [5.74, 6) is 0.952. The lowest BCUT2D eigenvalue weighted by molar-refractivity contribution is 0.242. The second-order valence-corrected chi connectivity index (χ2v) is 7.04. The highest BCUT2D eigenvalue weighted by Crippen LogP contribution is 2.23. The fourth-order valence-electron chi connectivity index (χ4n) is 2.45. The third kappa shape index (κ3) is 8.11. The minimum atomic E-state index is 0.234. The maximum Gasteiger partial charge on any atom is 0.119 e. The molecule has 0 saturated carbocycles. The summed E-state index contributed by atoms with van der Waals surface area (Å²) in [6, 6.07) is 8.41. The van der Waals surface area contributed by atoms with Gasteiger partial charge in [-0.2, -0.15) is 0 Å². The van der Waals surface area contributed by atoms with Gasteiger partial charge in [0.05, 0.1) is 6.10 Å². The lowest BCUT2D eigenvalue weighted by Gasteiger charge is -2.25. The molecule has 2 nitrogen and oxygen atoms in total. The van der Waals surface area contributed by atoms with Crippen LogP contribution in [-0.2, 0) is 6.54 Å². The third-order valence-corrected chi connectivity index (χ3v) is 3.68. The number of hydrogen-bond donors (Lipinski definition) is 1. The van der Waals surface area contributed by atoms with E-state index in [-0.39, 0.29) is 6.10 Å². The summed E-state index contributed by atoms with van der Waals surface area (Å²) < 4.78 is 5.66. The Morgan fingerprint density at radius 3 is 2.33 bits per heavy atom. The van der Waals surface area contributed by atoms with Gasteiger partial charge >= 0.3 is 0 Å². The van der Waals surface area contributed by atoms with Crippen LogP contribution in [0.3, 0.4) is 0 Å². The number of hydrogen-bond acceptors (Lipinski definition) is 2. The zero-order valence-electron chi connectivity index (χ0n) is 14.5. The van der Waals surface area contributed by atoms with Crippen LogP contribution in [-0.4, -0.2) is 12.6 Å². The molecule has 0 atom stereocenters. The molecule has 0 heterocycles. The van der Waals surface area contributed by atoms with Crippen LogP contribution in [0.4, 0.5) is 0 Å². The van der Waals surface area contributed by atoms with Gasteiger partial charge in [0.25, 0.3) is 0 Å². The smallest absolute Gasteiger partial charge is 0.119 e. The Kier molecular flexibility index (Phi) is 7.81. The summed E-state index contributed by atoms with van der Waals surface area (Å²) >= 11 is 0. The summed E-state index contributed by atoms with van der Waals surface area (Å²) in [7, 11) is 0. The minimum absolute atomic E-state index is 0.234. The van der Waals surface area contributed by atoms with E-state index in [9.17, 15) is 0 Å². The van der Waals surface area contributed by atoms with Gasteiger partial charge in [0.15, 0.2) is 0 Å². The molecule has 0 amide bonds. The first-order valence-corrected chi connectivity index (χ1v) is 8.39. The largest absolute Gasteiger partial charge is 0.491 e. The molecular formula is C19H33NO. The van der Waals surface area contributed by atoms with E-state index in [4.69, 9.17) is 4.74 Å². The number of ether oxygens (including phenoxy) is 1. The zero-order chi connectivity index (χ0) is 15.7. The predicted molar refractivity (Wildman–Crippen MR) is 91.8 cm³/mol. The number of benzene rings is 1. The predicted octanol–water partition coefficient (Wildman–Crippen LogP) is 5.17. The first kappa shape index (κ1) is 18.0. The molecule has 0 saturated heterocycles. The Morgan fingerprint density at radius 1 is 1.10 bits per heavy atom. The van der Waals surface area contributed by atoms with Crippen molar-refractivity contribution in [2.75, 3.05) is 6.54 Å². The Labute approximate surface area is 131 Å². The molecule has 1 N–H and O–H groups in total. The Bertz CT molecular complexity index is 381. The van der Waals surface area contributed by atoms with Gasteiger partial charge in [-0.05, 0) is 43.4 Å². The molecule has 1 rings (SSSR count). The topological polar surface area (TPSA) is 21.3 Å². The highest BCUT2D eigenvalue weighted by Gasteiger charge is 2.16. The van der Waals surface area contributed by atoms with Gasteiger partial charge in [0.2, 0.25) is 0 Å². The Hall–Kier alpha value is -1.02. The van der Waals surface area contributed by atoms with Gasteiger partial charge in [0, 0.05) is 13.1 Å². The van der Waals surface area contributed by atoms with E-state index in [1.807, 2.05) is 0 Å². The van der Waals surface area contributed by atoms with Crippen LogP contribution in [0.15, 0.2) is 24.3 Å². The van der Waals surface area contributed by atoms with E-state index in [0.29, 0.717) is 5.41 Å². The van der Waals surface area contributed by atoms with Gasteiger partial charge in [-0.1, -0.05) is 52.2 Å². The van der Waals surface area contributed by atoms with Crippen LogP contribution in [0, 0.1) is 5.41 Å². The lowest BCUT2D eigenvalue weighted by Crippen LogP contribution is -2.29.